The number of aryl methyl sites for hydroxylation is 1. The number of benzene rings is 2. The maximum atomic E-state index is 12.8. The summed E-state index contributed by atoms with van der Waals surface area (Å²) in [6.07, 6.45) is 0.936. The van der Waals surface area contributed by atoms with E-state index in [0.29, 0.717) is 49.3 Å². The Morgan fingerprint density at radius 2 is 1.87 bits per heavy atom. The highest BCUT2D eigenvalue weighted by Gasteiger charge is 2.16. The van der Waals surface area contributed by atoms with Crippen LogP contribution in [0, 0.1) is 6.92 Å². The van der Waals surface area contributed by atoms with Crippen molar-refractivity contribution in [3.63, 3.8) is 0 Å². The number of hydrogen-bond acceptors (Lipinski definition) is 5. The molecule has 0 unspecified atom stereocenters. The van der Waals surface area contributed by atoms with Crippen LogP contribution in [0.15, 0.2) is 53.3 Å². The molecule has 0 aliphatic carbocycles. The molecule has 7 nitrogen and oxygen atoms in total. The Bertz CT molecular complexity index is 1030. The maximum Gasteiger partial charge on any atom is 0.258 e. The fourth-order valence-electron chi connectivity index (χ4n) is 3.09. The van der Waals surface area contributed by atoms with Crippen molar-refractivity contribution in [1.82, 2.24) is 14.9 Å². The van der Waals surface area contributed by atoms with Gasteiger partial charge in [-0.05, 0) is 37.6 Å². The van der Waals surface area contributed by atoms with E-state index in [-0.39, 0.29) is 18.0 Å². The van der Waals surface area contributed by atoms with Gasteiger partial charge in [-0.15, -0.1) is 0 Å². The molecule has 0 saturated heterocycles. The van der Waals surface area contributed by atoms with Gasteiger partial charge in [-0.1, -0.05) is 29.8 Å². The van der Waals surface area contributed by atoms with Gasteiger partial charge in [-0.25, -0.2) is 4.98 Å². The zero-order valence-electron chi connectivity index (χ0n) is 17.4. The van der Waals surface area contributed by atoms with Crippen LogP contribution in [0.4, 0.5) is 0 Å². The van der Waals surface area contributed by atoms with Crippen molar-refractivity contribution < 1.29 is 14.3 Å². The number of nitrogens with zero attached hydrogens (tertiary/aromatic N) is 2. The van der Waals surface area contributed by atoms with E-state index >= 15 is 0 Å². The van der Waals surface area contributed by atoms with Crippen molar-refractivity contribution in [2.24, 2.45) is 0 Å². The number of carbonyl (C=O) groups excluding carboxylic acids is 1. The number of aromatic amines is 1. The number of rotatable bonds is 10. The average Bonchev–Trinajstić information content (AvgIpc) is 2.75. The molecule has 3 aromatic rings. The number of hydrogen-bond donors (Lipinski definition) is 1. The van der Waals surface area contributed by atoms with E-state index < -0.39 is 0 Å². The highest BCUT2D eigenvalue weighted by atomic mass is 16.5. The molecule has 0 radical (unpaired) electrons. The minimum Gasteiger partial charge on any atom is -0.494 e. The summed E-state index contributed by atoms with van der Waals surface area (Å²) in [4.78, 5) is 34.0. The van der Waals surface area contributed by atoms with Crippen LogP contribution in [-0.2, 0) is 16.1 Å². The number of amides is 1. The summed E-state index contributed by atoms with van der Waals surface area (Å²) < 4.78 is 10.8. The molecule has 0 aliphatic rings. The van der Waals surface area contributed by atoms with Crippen LogP contribution in [-0.4, -0.2) is 47.6 Å². The standard InChI is InChI=1S/C23H27N3O4/c1-17-9-11-18(12-10-17)30-14-5-8-22(27)26(13-15-29-2)16-21-24-20-7-4-3-6-19(20)23(28)25-21/h3-4,6-7,9-12H,5,8,13-16H2,1-2H3,(H,24,25,28). The van der Waals surface area contributed by atoms with Crippen molar-refractivity contribution >= 4 is 16.8 Å². The van der Waals surface area contributed by atoms with Crippen LogP contribution in [0.5, 0.6) is 5.75 Å². The number of para-hydroxylation sites is 1. The maximum absolute atomic E-state index is 12.8. The van der Waals surface area contributed by atoms with Gasteiger partial charge in [0, 0.05) is 20.1 Å². The van der Waals surface area contributed by atoms with E-state index in [4.69, 9.17) is 9.47 Å². The first-order valence-corrected chi connectivity index (χ1v) is 10.0. The van der Waals surface area contributed by atoms with Crippen molar-refractivity contribution in [3.05, 3.63) is 70.3 Å². The van der Waals surface area contributed by atoms with E-state index in [1.807, 2.05) is 37.3 Å². The highest BCUT2D eigenvalue weighted by Crippen LogP contribution is 2.13. The van der Waals surface area contributed by atoms with Crippen molar-refractivity contribution in [1.29, 1.82) is 0 Å². The Morgan fingerprint density at radius 1 is 1.10 bits per heavy atom. The Labute approximate surface area is 175 Å². The summed E-state index contributed by atoms with van der Waals surface area (Å²) in [5.41, 5.74) is 1.58. The second-order valence-corrected chi connectivity index (χ2v) is 7.10. The van der Waals surface area contributed by atoms with Crippen LogP contribution in [0.3, 0.4) is 0 Å². The number of carbonyl (C=O) groups is 1. The number of methoxy groups -OCH3 is 1. The average molecular weight is 409 g/mol. The SMILES string of the molecule is COCCN(Cc1nc2ccccc2c(=O)[nH]1)C(=O)CCCOc1ccc(C)cc1. The molecule has 0 saturated carbocycles. The zero-order valence-corrected chi connectivity index (χ0v) is 17.4. The number of ether oxygens (including phenoxy) is 2. The van der Waals surface area contributed by atoms with Crippen LogP contribution in [0.2, 0.25) is 0 Å². The Hall–Kier alpha value is -3.19. The van der Waals surface area contributed by atoms with Gasteiger partial charge >= 0.3 is 0 Å². The number of nitrogens with one attached hydrogen (secondary N) is 1. The first-order chi connectivity index (χ1) is 14.6. The summed E-state index contributed by atoms with van der Waals surface area (Å²) in [6, 6.07) is 15.0. The quantitative estimate of drug-likeness (QED) is 0.520. The largest absolute Gasteiger partial charge is 0.494 e. The normalized spacial score (nSPS) is 10.9. The first kappa shape index (κ1) is 21.5. The second kappa shape index (κ2) is 10.5. The fourth-order valence-corrected chi connectivity index (χ4v) is 3.09. The first-order valence-electron chi connectivity index (χ1n) is 10.0. The van der Waals surface area contributed by atoms with Crippen molar-refractivity contribution in [3.8, 4) is 5.75 Å². The second-order valence-electron chi connectivity index (χ2n) is 7.10. The van der Waals surface area contributed by atoms with Crippen LogP contribution in [0.1, 0.15) is 24.2 Å². The van der Waals surface area contributed by atoms with Gasteiger partial charge in [0.1, 0.15) is 11.6 Å². The third-order valence-electron chi connectivity index (χ3n) is 4.75. The van der Waals surface area contributed by atoms with Crippen LogP contribution >= 0.6 is 0 Å². The molecule has 1 aromatic heterocycles. The van der Waals surface area contributed by atoms with Crippen LogP contribution in [0.25, 0.3) is 10.9 Å². The van der Waals surface area contributed by atoms with Gasteiger partial charge in [-0.3, -0.25) is 9.59 Å². The summed E-state index contributed by atoms with van der Waals surface area (Å²) >= 11 is 0. The van der Waals surface area contributed by atoms with E-state index in [9.17, 15) is 9.59 Å². The molecule has 1 heterocycles. The Balaban J connectivity index is 1.59. The minimum atomic E-state index is -0.207. The third kappa shape index (κ3) is 5.90. The molecule has 30 heavy (non-hydrogen) atoms. The molecule has 0 bridgehead atoms. The lowest BCUT2D eigenvalue weighted by Crippen LogP contribution is -2.34. The fraction of sp³-hybridized carbons (Fsp3) is 0.348. The third-order valence-corrected chi connectivity index (χ3v) is 4.75. The summed E-state index contributed by atoms with van der Waals surface area (Å²) in [6.45, 7) is 3.53. The Kier molecular flexibility index (Phi) is 7.57. The summed E-state index contributed by atoms with van der Waals surface area (Å²) in [5, 5.41) is 0.532. The topological polar surface area (TPSA) is 84.5 Å². The number of H-pyrrole nitrogens is 1. The molecule has 1 amide bonds. The van der Waals surface area contributed by atoms with Gasteiger partial charge in [0.05, 0.1) is 30.7 Å². The van der Waals surface area contributed by atoms with Crippen molar-refractivity contribution in [2.45, 2.75) is 26.3 Å². The van der Waals surface area contributed by atoms with E-state index in [2.05, 4.69) is 9.97 Å². The van der Waals surface area contributed by atoms with Crippen molar-refractivity contribution in [2.75, 3.05) is 26.9 Å². The minimum absolute atomic E-state index is 0.0321. The van der Waals surface area contributed by atoms with Gasteiger partial charge in [0.2, 0.25) is 5.91 Å². The number of aromatic nitrogens is 2. The monoisotopic (exact) mass is 409 g/mol. The van der Waals surface area contributed by atoms with Gasteiger partial charge in [0.15, 0.2) is 0 Å². The smallest absolute Gasteiger partial charge is 0.258 e. The molecular formula is C23H27N3O4. The summed E-state index contributed by atoms with van der Waals surface area (Å²) in [5.74, 6) is 1.22. The molecule has 2 aromatic carbocycles. The molecule has 7 heteroatoms. The van der Waals surface area contributed by atoms with Crippen LogP contribution < -0.4 is 10.3 Å². The lowest BCUT2D eigenvalue weighted by atomic mass is 10.2. The molecule has 1 N–H and O–H groups in total. The molecule has 0 spiro atoms. The molecule has 3 rings (SSSR count). The van der Waals surface area contributed by atoms with Gasteiger partial charge < -0.3 is 19.4 Å². The number of fused-ring (bicyclic) bond motifs is 1. The molecular weight excluding hydrogens is 382 g/mol. The molecule has 0 atom stereocenters. The zero-order chi connectivity index (χ0) is 21.3. The lowest BCUT2D eigenvalue weighted by Gasteiger charge is -2.22. The molecule has 0 fully saturated rings. The molecule has 158 valence electrons. The molecule has 0 aliphatic heterocycles. The van der Waals surface area contributed by atoms with E-state index in [0.717, 1.165) is 5.75 Å². The summed E-state index contributed by atoms with van der Waals surface area (Å²) in [7, 11) is 1.59. The Morgan fingerprint density at radius 3 is 2.63 bits per heavy atom. The van der Waals surface area contributed by atoms with E-state index in [1.54, 1.807) is 30.2 Å². The predicted octanol–water partition coefficient (Wildman–Crippen LogP) is 3.07. The highest BCUT2D eigenvalue weighted by molar-refractivity contribution is 5.78. The van der Waals surface area contributed by atoms with E-state index in [1.165, 1.54) is 5.56 Å². The van der Waals surface area contributed by atoms with Gasteiger partial charge in [-0.2, -0.15) is 0 Å². The van der Waals surface area contributed by atoms with Gasteiger partial charge in [0.25, 0.3) is 5.56 Å². The predicted molar refractivity (Wildman–Crippen MR) is 116 cm³/mol. The lowest BCUT2D eigenvalue weighted by molar-refractivity contribution is -0.132.